The number of carbonyl (C=O) groups is 1. The van der Waals surface area contributed by atoms with Gasteiger partial charge in [0, 0.05) is 30.9 Å². The van der Waals surface area contributed by atoms with Gasteiger partial charge in [0.05, 0.1) is 12.0 Å². The smallest absolute Gasteiger partial charge is 0.261 e. The number of carbonyl (C=O) groups excluding carboxylic acids is 1. The van der Waals surface area contributed by atoms with Crippen LogP contribution in [-0.2, 0) is 27.7 Å². The molecule has 0 bridgehead atoms. The summed E-state index contributed by atoms with van der Waals surface area (Å²) in [5.74, 6) is 0.710. The minimum atomic E-state index is -3.69. The SMILES string of the molecule is COc1ccc(S(=O)(=O)Nc2ccc(CC(=O)CCc3cccnc3)cc2)cc1. The van der Waals surface area contributed by atoms with E-state index in [0.717, 1.165) is 11.1 Å². The van der Waals surface area contributed by atoms with Crippen molar-refractivity contribution in [2.45, 2.75) is 24.2 Å². The van der Waals surface area contributed by atoms with Crippen LogP contribution < -0.4 is 9.46 Å². The molecule has 3 rings (SSSR count). The maximum atomic E-state index is 12.5. The molecule has 150 valence electrons. The van der Waals surface area contributed by atoms with Crippen molar-refractivity contribution in [2.24, 2.45) is 0 Å². The van der Waals surface area contributed by atoms with E-state index >= 15 is 0 Å². The van der Waals surface area contributed by atoms with E-state index in [-0.39, 0.29) is 10.7 Å². The average molecular weight is 410 g/mol. The Bertz CT molecular complexity index is 1050. The van der Waals surface area contributed by atoms with Crippen molar-refractivity contribution in [3.05, 3.63) is 84.2 Å². The molecule has 29 heavy (non-hydrogen) atoms. The van der Waals surface area contributed by atoms with Gasteiger partial charge in [-0.1, -0.05) is 18.2 Å². The second-order valence-corrected chi connectivity index (χ2v) is 8.24. The van der Waals surface area contributed by atoms with Gasteiger partial charge in [0.15, 0.2) is 0 Å². The molecule has 0 saturated carbocycles. The fourth-order valence-corrected chi connectivity index (χ4v) is 3.86. The molecule has 0 amide bonds. The molecular weight excluding hydrogens is 388 g/mol. The molecule has 0 aliphatic rings. The van der Waals surface area contributed by atoms with Crippen LogP contribution in [0.4, 0.5) is 5.69 Å². The zero-order chi connectivity index (χ0) is 20.7. The Hall–Kier alpha value is -3.19. The van der Waals surface area contributed by atoms with E-state index < -0.39 is 10.0 Å². The van der Waals surface area contributed by atoms with Gasteiger partial charge in [0.1, 0.15) is 11.5 Å². The maximum Gasteiger partial charge on any atom is 0.261 e. The van der Waals surface area contributed by atoms with Gasteiger partial charge in [-0.3, -0.25) is 14.5 Å². The number of rotatable bonds is 9. The fraction of sp³-hybridized carbons (Fsp3) is 0.182. The molecule has 0 atom stereocenters. The number of hydrogen-bond donors (Lipinski definition) is 1. The van der Waals surface area contributed by atoms with Gasteiger partial charge in [-0.25, -0.2) is 8.42 Å². The first-order valence-electron chi connectivity index (χ1n) is 9.13. The lowest BCUT2D eigenvalue weighted by Crippen LogP contribution is -2.13. The summed E-state index contributed by atoms with van der Waals surface area (Å²) in [4.78, 5) is 16.4. The number of benzene rings is 2. The second kappa shape index (κ2) is 9.34. The number of anilines is 1. The molecule has 1 N–H and O–H groups in total. The van der Waals surface area contributed by atoms with E-state index in [4.69, 9.17) is 4.74 Å². The van der Waals surface area contributed by atoms with Crippen LogP contribution in [0.25, 0.3) is 0 Å². The summed E-state index contributed by atoms with van der Waals surface area (Å²) in [7, 11) is -2.17. The third-order valence-electron chi connectivity index (χ3n) is 4.39. The third-order valence-corrected chi connectivity index (χ3v) is 5.79. The highest BCUT2D eigenvalue weighted by atomic mass is 32.2. The summed E-state index contributed by atoms with van der Waals surface area (Å²) >= 11 is 0. The number of ether oxygens (including phenoxy) is 1. The molecular formula is C22H22N2O4S. The molecule has 0 radical (unpaired) electrons. The number of methoxy groups -OCH3 is 1. The summed E-state index contributed by atoms with van der Waals surface area (Å²) < 4.78 is 32.5. The average Bonchev–Trinajstić information content (AvgIpc) is 2.74. The first kappa shape index (κ1) is 20.5. The number of aryl methyl sites for hydroxylation is 1. The highest BCUT2D eigenvalue weighted by Crippen LogP contribution is 2.19. The van der Waals surface area contributed by atoms with Gasteiger partial charge >= 0.3 is 0 Å². The van der Waals surface area contributed by atoms with Crippen molar-refractivity contribution in [3.63, 3.8) is 0 Å². The van der Waals surface area contributed by atoms with Crippen LogP contribution in [0, 0.1) is 0 Å². The van der Waals surface area contributed by atoms with Crippen molar-refractivity contribution in [2.75, 3.05) is 11.8 Å². The van der Waals surface area contributed by atoms with E-state index in [1.807, 2.05) is 12.1 Å². The van der Waals surface area contributed by atoms with Crippen LogP contribution in [0.1, 0.15) is 17.5 Å². The Morgan fingerprint density at radius 3 is 2.34 bits per heavy atom. The van der Waals surface area contributed by atoms with Crippen molar-refractivity contribution in [3.8, 4) is 5.75 Å². The lowest BCUT2D eigenvalue weighted by Gasteiger charge is -2.09. The Balaban J connectivity index is 1.57. The number of sulfonamides is 1. The fourth-order valence-electron chi connectivity index (χ4n) is 2.81. The number of nitrogens with one attached hydrogen (secondary N) is 1. The second-order valence-electron chi connectivity index (χ2n) is 6.55. The lowest BCUT2D eigenvalue weighted by molar-refractivity contribution is -0.118. The minimum absolute atomic E-state index is 0.125. The number of aromatic nitrogens is 1. The molecule has 6 nitrogen and oxygen atoms in total. The Morgan fingerprint density at radius 1 is 1.00 bits per heavy atom. The van der Waals surface area contributed by atoms with E-state index in [1.54, 1.807) is 48.8 Å². The molecule has 0 aliphatic heterocycles. The highest BCUT2D eigenvalue weighted by molar-refractivity contribution is 7.92. The number of hydrogen-bond acceptors (Lipinski definition) is 5. The molecule has 0 saturated heterocycles. The third kappa shape index (κ3) is 5.89. The van der Waals surface area contributed by atoms with Crippen LogP contribution in [-0.4, -0.2) is 26.3 Å². The summed E-state index contributed by atoms with van der Waals surface area (Å²) in [6.45, 7) is 0. The van der Waals surface area contributed by atoms with E-state index in [2.05, 4.69) is 9.71 Å². The lowest BCUT2D eigenvalue weighted by atomic mass is 10.0. The monoisotopic (exact) mass is 410 g/mol. The van der Waals surface area contributed by atoms with Crippen LogP contribution in [0.5, 0.6) is 5.75 Å². The molecule has 7 heteroatoms. The van der Waals surface area contributed by atoms with Crippen LogP contribution >= 0.6 is 0 Å². The van der Waals surface area contributed by atoms with E-state index in [1.165, 1.54) is 19.2 Å². The molecule has 1 aromatic heterocycles. The summed E-state index contributed by atoms with van der Waals surface area (Å²) in [6, 6.07) is 16.8. The predicted molar refractivity (Wildman–Crippen MR) is 112 cm³/mol. The minimum Gasteiger partial charge on any atom is -0.497 e. The van der Waals surface area contributed by atoms with Gasteiger partial charge in [0.25, 0.3) is 10.0 Å². The molecule has 0 spiro atoms. The number of nitrogens with zero attached hydrogens (tertiary/aromatic N) is 1. The van der Waals surface area contributed by atoms with Crippen LogP contribution in [0.15, 0.2) is 78.0 Å². The molecule has 3 aromatic rings. The van der Waals surface area contributed by atoms with Gasteiger partial charge < -0.3 is 4.74 Å². The predicted octanol–water partition coefficient (Wildman–Crippen LogP) is 3.64. The first-order chi connectivity index (χ1) is 14.0. The number of ketones is 1. The zero-order valence-electron chi connectivity index (χ0n) is 16.0. The quantitative estimate of drug-likeness (QED) is 0.582. The Morgan fingerprint density at radius 2 is 1.72 bits per heavy atom. The first-order valence-corrected chi connectivity index (χ1v) is 10.6. The summed E-state index contributed by atoms with van der Waals surface area (Å²) in [6.07, 6.45) is 4.88. The van der Waals surface area contributed by atoms with E-state index in [0.29, 0.717) is 30.7 Å². The zero-order valence-corrected chi connectivity index (χ0v) is 16.9. The summed E-state index contributed by atoms with van der Waals surface area (Å²) in [5.41, 5.74) is 2.31. The molecule has 0 aliphatic carbocycles. The number of pyridine rings is 1. The van der Waals surface area contributed by atoms with Gasteiger partial charge in [-0.15, -0.1) is 0 Å². The normalized spacial score (nSPS) is 11.1. The van der Waals surface area contributed by atoms with Crippen molar-refractivity contribution < 1.29 is 17.9 Å². The van der Waals surface area contributed by atoms with Gasteiger partial charge in [-0.05, 0) is 60.0 Å². The van der Waals surface area contributed by atoms with Gasteiger partial charge in [-0.2, -0.15) is 0 Å². The Kier molecular flexibility index (Phi) is 6.61. The van der Waals surface area contributed by atoms with Crippen LogP contribution in [0.3, 0.4) is 0 Å². The summed E-state index contributed by atoms with van der Waals surface area (Å²) in [5, 5.41) is 0. The Labute approximate surface area is 170 Å². The molecule has 0 unspecified atom stereocenters. The van der Waals surface area contributed by atoms with Gasteiger partial charge in [0.2, 0.25) is 0 Å². The van der Waals surface area contributed by atoms with Crippen molar-refractivity contribution in [1.82, 2.24) is 4.98 Å². The standard InChI is InChI=1S/C22H22N2O4S/c1-28-21-10-12-22(13-11-21)29(26,27)24-19-7-4-17(5-8-19)15-20(25)9-6-18-3-2-14-23-16-18/h2-5,7-8,10-14,16,24H,6,9,15H2,1H3. The largest absolute Gasteiger partial charge is 0.497 e. The molecule has 2 aromatic carbocycles. The van der Waals surface area contributed by atoms with Crippen LogP contribution in [0.2, 0.25) is 0 Å². The van der Waals surface area contributed by atoms with Crippen molar-refractivity contribution in [1.29, 1.82) is 0 Å². The number of Topliss-reactive ketones (excluding diaryl/α,β-unsaturated/α-hetero) is 1. The van der Waals surface area contributed by atoms with E-state index in [9.17, 15) is 13.2 Å². The topological polar surface area (TPSA) is 85.4 Å². The van der Waals surface area contributed by atoms with Crippen molar-refractivity contribution >= 4 is 21.5 Å². The maximum absolute atomic E-state index is 12.5. The molecule has 0 fully saturated rings. The highest BCUT2D eigenvalue weighted by Gasteiger charge is 2.14. The molecule has 1 heterocycles.